The van der Waals surface area contributed by atoms with Gasteiger partial charge in [0.15, 0.2) is 5.65 Å². The molecule has 0 atom stereocenters. The average molecular weight is 175 g/mol. The van der Waals surface area contributed by atoms with Gasteiger partial charge in [-0.05, 0) is 12.1 Å². The standard InChI is InChI=1S/C8H9N5/c9-7(10)4-6-2-1-3-8-11-5-12-13(6)8/h1-3,5H,4H2,(H3,9,10). The summed E-state index contributed by atoms with van der Waals surface area (Å²) in [5, 5.41) is 11.2. The van der Waals surface area contributed by atoms with Crippen LogP contribution in [-0.2, 0) is 6.42 Å². The molecule has 0 bridgehead atoms. The van der Waals surface area contributed by atoms with E-state index in [1.807, 2.05) is 18.2 Å². The van der Waals surface area contributed by atoms with Gasteiger partial charge in [-0.15, -0.1) is 0 Å². The van der Waals surface area contributed by atoms with Crippen molar-refractivity contribution in [1.82, 2.24) is 14.6 Å². The van der Waals surface area contributed by atoms with Crippen molar-refractivity contribution in [3.63, 3.8) is 0 Å². The molecule has 2 aromatic rings. The molecule has 5 nitrogen and oxygen atoms in total. The maximum absolute atomic E-state index is 7.18. The molecule has 2 heterocycles. The molecular formula is C8H9N5. The fraction of sp³-hybridized carbons (Fsp3) is 0.125. The van der Waals surface area contributed by atoms with Gasteiger partial charge in [0.1, 0.15) is 6.33 Å². The monoisotopic (exact) mass is 175 g/mol. The average Bonchev–Trinajstić information content (AvgIpc) is 2.51. The number of rotatable bonds is 2. The number of pyridine rings is 1. The first-order valence-electron chi connectivity index (χ1n) is 3.88. The van der Waals surface area contributed by atoms with Crippen LogP contribution in [0.5, 0.6) is 0 Å². The molecule has 0 aliphatic heterocycles. The molecule has 0 amide bonds. The Morgan fingerprint density at radius 1 is 1.54 bits per heavy atom. The van der Waals surface area contributed by atoms with Crippen LogP contribution in [0, 0.1) is 5.41 Å². The van der Waals surface area contributed by atoms with Gasteiger partial charge in [-0.2, -0.15) is 5.10 Å². The van der Waals surface area contributed by atoms with Crippen LogP contribution in [0.15, 0.2) is 24.5 Å². The fourth-order valence-corrected chi connectivity index (χ4v) is 1.23. The molecule has 66 valence electrons. The zero-order valence-electron chi connectivity index (χ0n) is 6.94. The van der Waals surface area contributed by atoms with Gasteiger partial charge in [0, 0.05) is 6.42 Å². The zero-order valence-corrected chi connectivity index (χ0v) is 6.94. The predicted molar refractivity (Wildman–Crippen MR) is 48.6 cm³/mol. The normalized spacial score (nSPS) is 10.5. The lowest BCUT2D eigenvalue weighted by Gasteiger charge is -2.01. The van der Waals surface area contributed by atoms with Crippen LogP contribution in [-0.4, -0.2) is 20.4 Å². The summed E-state index contributed by atoms with van der Waals surface area (Å²) in [6, 6.07) is 5.61. The van der Waals surface area contributed by atoms with Crippen molar-refractivity contribution in [3.8, 4) is 0 Å². The SMILES string of the molecule is N=C(N)Cc1cccc2ncnn12. The van der Waals surface area contributed by atoms with Crippen LogP contribution < -0.4 is 5.73 Å². The van der Waals surface area contributed by atoms with Gasteiger partial charge in [-0.1, -0.05) is 6.07 Å². The third-order valence-electron chi connectivity index (χ3n) is 1.75. The third kappa shape index (κ3) is 1.35. The Labute approximate surface area is 74.7 Å². The Balaban J connectivity index is 2.54. The summed E-state index contributed by atoms with van der Waals surface area (Å²) < 4.78 is 1.68. The van der Waals surface area contributed by atoms with Gasteiger partial charge in [0.05, 0.1) is 11.5 Å². The third-order valence-corrected chi connectivity index (χ3v) is 1.75. The zero-order chi connectivity index (χ0) is 9.26. The molecule has 0 fully saturated rings. The van der Waals surface area contributed by atoms with Crippen LogP contribution >= 0.6 is 0 Å². The molecule has 2 rings (SSSR count). The smallest absolute Gasteiger partial charge is 0.155 e. The van der Waals surface area contributed by atoms with E-state index in [2.05, 4.69) is 10.1 Å². The first-order chi connectivity index (χ1) is 6.27. The van der Waals surface area contributed by atoms with Gasteiger partial charge in [0.25, 0.3) is 0 Å². The second-order valence-electron chi connectivity index (χ2n) is 2.75. The summed E-state index contributed by atoms with van der Waals surface area (Å²) in [5.41, 5.74) is 6.96. The van der Waals surface area contributed by atoms with Crippen LogP contribution in [0.25, 0.3) is 5.65 Å². The number of nitrogens with one attached hydrogen (secondary N) is 1. The van der Waals surface area contributed by atoms with Gasteiger partial charge in [-0.3, -0.25) is 5.41 Å². The van der Waals surface area contributed by atoms with Gasteiger partial charge < -0.3 is 5.73 Å². The van der Waals surface area contributed by atoms with Crippen molar-refractivity contribution in [1.29, 1.82) is 5.41 Å². The van der Waals surface area contributed by atoms with E-state index in [0.717, 1.165) is 11.3 Å². The van der Waals surface area contributed by atoms with E-state index >= 15 is 0 Å². The van der Waals surface area contributed by atoms with Gasteiger partial charge in [0.2, 0.25) is 0 Å². The Bertz CT molecular complexity index is 444. The van der Waals surface area contributed by atoms with Crippen LogP contribution in [0.3, 0.4) is 0 Å². The minimum atomic E-state index is 0.128. The van der Waals surface area contributed by atoms with E-state index in [9.17, 15) is 0 Å². The summed E-state index contributed by atoms with van der Waals surface area (Å²) in [6.07, 6.45) is 1.89. The number of hydrogen-bond donors (Lipinski definition) is 2. The van der Waals surface area contributed by atoms with E-state index in [1.165, 1.54) is 6.33 Å². The van der Waals surface area contributed by atoms with Crippen LogP contribution in [0.2, 0.25) is 0 Å². The maximum atomic E-state index is 7.18. The van der Waals surface area contributed by atoms with Crippen LogP contribution in [0.4, 0.5) is 0 Å². The molecule has 0 aliphatic rings. The Hall–Kier alpha value is -1.91. The van der Waals surface area contributed by atoms with Crippen molar-refractivity contribution >= 4 is 11.5 Å². The lowest BCUT2D eigenvalue weighted by molar-refractivity contribution is 0.893. The molecule has 0 saturated heterocycles. The number of nitrogens with zero attached hydrogens (tertiary/aromatic N) is 3. The van der Waals surface area contributed by atoms with Crippen molar-refractivity contribution in [2.75, 3.05) is 0 Å². The molecule has 0 aromatic carbocycles. The van der Waals surface area contributed by atoms with E-state index < -0.39 is 0 Å². The first-order valence-corrected chi connectivity index (χ1v) is 3.88. The fourth-order valence-electron chi connectivity index (χ4n) is 1.23. The summed E-state index contributed by atoms with van der Waals surface area (Å²) >= 11 is 0. The van der Waals surface area contributed by atoms with E-state index in [0.29, 0.717) is 6.42 Å². The molecule has 3 N–H and O–H groups in total. The highest BCUT2D eigenvalue weighted by atomic mass is 15.3. The highest BCUT2D eigenvalue weighted by Crippen LogP contribution is 2.03. The van der Waals surface area contributed by atoms with Gasteiger partial charge in [-0.25, -0.2) is 9.50 Å². The van der Waals surface area contributed by atoms with Crippen molar-refractivity contribution in [3.05, 3.63) is 30.2 Å². The van der Waals surface area contributed by atoms with Crippen molar-refractivity contribution in [2.45, 2.75) is 6.42 Å². The molecule has 0 radical (unpaired) electrons. The van der Waals surface area contributed by atoms with E-state index in [-0.39, 0.29) is 5.84 Å². The number of nitrogens with two attached hydrogens (primary N) is 1. The van der Waals surface area contributed by atoms with Crippen LogP contribution in [0.1, 0.15) is 5.69 Å². The lowest BCUT2D eigenvalue weighted by Crippen LogP contribution is -2.15. The van der Waals surface area contributed by atoms with Gasteiger partial charge >= 0.3 is 0 Å². The highest BCUT2D eigenvalue weighted by Gasteiger charge is 2.02. The molecular weight excluding hydrogens is 166 g/mol. The van der Waals surface area contributed by atoms with Crippen molar-refractivity contribution in [2.24, 2.45) is 5.73 Å². The number of amidine groups is 1. The second kappa shape index (κ2) is 2.85. The van der Waals surface area contributed by atoms with E-state index in [1.54, 1.807) is 4.52 Å². The molecule has 13 heavy (non-hydrogen) atoms. The lowest BCUT2D eigenvalue weighted by atomic mass is 10.2. The Morgan fingerprint density at radius 2 is 2.38 bits per heavy atom. The summed E-state index contributed by atoms with van der Waals surface area (Å²) in [4.78, 5) is 4.03. The maximum Gasteiger partial charge on any atom is 0.155 e. The quantitative estimate of drug-likeness (QED) is 0.505. The molecule has 0 spiro atoms. The minimum Gasteiger partial charge on any atom is -0.387 e. The Morgan fingerprint density at radius 3 is 3.15 bits per heavy atom. The second-order valence-corrected chi connectivity index (χ2v) is 2.75. The highest BCUT2D eigenvalue weighted by molar-refractivity contribution is 5.79. The summed E-state index contributed by atoms with van der Waals surface area (Å²) in [5.74, 6) is 0.128. The topological polar surface area (TPSA) is 80.1 Å². The predicted octanol–water partition coefficient (Wildman–Crippen LogP) is 0.208. The minimum absolute atomic E-state index is 0.128. The number of aromatic nitrogens is 3. The molecule has 0 aliphatic carbocycles. The molecule has 0 unspecified atom stereocenters. The summed E-state index contributed by atoms with van der Waals surface area (Å²) in [6.45, 7) is 0. The number of fused-ring (bicyclic) bond motifs is 1. The molecule has 5 heteroatoms. The molecule has 2 aromatic heterocycles. The molecule has 0 saturated carbocycles. The Kier molecular flexibility index (Phi) is 1.70. The first kappa shape index (κ1) is 7.72. The number of hydrogen-bond acceptors (Lipinski definition) is 3. The van der Waals surface area contributed by atoms with E-state index in [4.69, 9.17) is 11.1 Å². The summed E-state index contributed by atoms with van der Waals surface area (Å²) in [7, 11) is 0. The largest absolute Gasteiger partial charge is 0.387 e. The van der Waals surface area contributed by atoms with Crippen molar-refractivity contribution < 1.29 is 0 Å².